The monoisotopic (exact) mass is 546 g/mol. The van der Waals surface area contributed by atoms with Crippen LogP contribution >= 0.6 is 23.1 Å². The molecule has 3 heterocycles. The van der Waals surface area contributed by atoms with Gasteiger partial charge in [0.15, 0.2) is 5.01 Å². The van der Waals surface area contributed by atoms with Gasteiger partial charge in [-0.05, 0) is 42.2 Å². The van der Waals surface area contributed by atoms with E-state index < -0.39 is 0 Å². The predicted molar refractivity (Wildman–Crippen MR) is 160 cm³/mol. The molecule has 1 aliphatic heterocycles. The van der Waals surface area contributed by atoms with Gasteiger partial charge in [-0.25, -0.2) is 4.98 Å². The van der Waals surface area contributed by atoms with Gasteiger partial charge < -0.3 is 10.1 Å². The third-order valence-corrected chi connectivity index (χ3v) is 8.30. The average Bonchev–Trinajstić information content (AvgIpc) is 3.68. The number of benzene rings is 2. The number of nitrogens with zero attached hydrogens (tertiary/aromatic N) is 3. The van der Waals surface area contributed by atoms with Crippen LogP contribution in [0.15, 0.2) is 60.0 Å². The fourth-order valence-corrected chi connectivity index (χ4v) is 5.94. The van der Waals surface area contributed by atoms with Crippen LogP contribution in [0.4, 0.5) is 0 Å². The van der Waals surface area contributed by atoms with Crippen molar-refractivity contribution in [1.82, 2.24) is 20.5 Å². The Morgan fingerprint density at radius 3 is 2.39 bits per heavy atom. The van der Waals surface area contributed by atoms with Crippen molar-refractivity contribution in [2.75, 3.05) is 19.9 Å². The van der Waals surface area contributed by atoms with E-state index >= 15 is 0 Å². The molecule has 1 saturated carbocycles. The summed E-state index contributed by atoms with van der Waals surface area (Å²) in [4.78, 5) is 17.1. The molecule has 0 spiro atoms. The lowest BCUT2D eigenvalue weighted by molar-refractivity contribution is 0.0959. The molecule has 2 aromatic heterocycles. The Balaban J connectivity index is 0.000000425. The Morgan fingerprint density at radius 2 is 1.82 bits per heavy atom. The van der Waals surface area contributed by atoms with Crippen molar-refractivity contribution >= 4 is 39.9 Å². The lowest BCUT2D eigenvalue weighted by atomic mass is 9.77. The lowest BCUT2D eigenvalue weighted by Gasteiger charge is -2.28. The van der Waals surface area contributed by atoms with Crippen LogP contribution in [0.2, 0.25) is 0 Å². The summed E-state index contributed by atoms with van der Waals surface area (Å²) in [6.45, 7) is 4.00. The standard InChI is InChI=1S/C24H22N4O2S.C4H6S.C2H6/c1-25-21(29)18-13-16-11-12-17(14-9-6-10-14)19(20(16)26-22(18)30-2)24-28-27-23(31-24)15-7-4-3-5-8-15;1-2-4-5-3-1;1-2/h3-5,7-8,11-14H,6,9-10H2,1-2H3,(H,25,29);1,3H,2,4H2;1-2H3. The number of aromatic nitrogens is 3. The number of rotatable bonds is 5. The molecule has 38 heavy (non-hydrogen) atoms. The van der Waals surface area contributed by atoms with Gasteiger partial charge in [0.05, 0.1) is 12.6 Å². The summed E-state index contributed by atoms with van der Waals surface area (Å²) < 4.78 is 5.48. The molecular formula is C30H34N4O2S2. The van der Waals surface area contributed by atoms with Crippen molar-refractivity contribution < 1.29 is 9.53 Å². The molecule has 4 aromatic rings. The number of fused-ring (bicyclic) bond motifs is 1. The number of hydrogen-bond donors (Lipinski definition) is 1. The van der Waals surface area contributed by atoms with E-state index in [1.165, 1.54) is 31.3 Å². The number of pyridine rings is 1. The van der Waals surface area contributed by atoms with E-state index in [-0.39, 0.29) is 5.91 Å². The summed E-state index contributed by atoms with van der Waals surface area (Å²) in [7, 11) is 3.14. The van der Waals surface area contributed by atoms with Gasteiger partial charge in [0, 0.05) is 29.3 Å². The van der Waals surface area contributed by atoms with Crippen LogP contribution in [0.3, 0.4) is 0 Å². The second-order valence-electron chi connectivity index (χ2n) is 8.66. The maximum Gasteiger partial charge on any atom is 0.256 e. The number of amides is 1. The first-order chi connectivity index (χ1) is 18.7. The Hall–Kier alpha value is -3.23. The first-order valence-corrected chi connectivity index (χ1v) is 15.0. The number of carbonyl (C=O) groups is 1. The first kappa shape index (κ1) is 27.8. The normalized spacial score (nSPS) is 14.1. The molecule has 2 aliphatic rings. The van der Waals surface area contributed by atoms with E-state index in [2.05, 4.69) is 33.1 Å². The Kier molecular flexibility index (Phi) is 9.90. The minimum Gasteiger partial charge on any atom is -0.480 e. The van der Waals surface area contributed by atoms with Gasteiger partial charge in [0.25, 0.3) is 5.91 Å². The molecule has 1 N–H and O–H groups in total. The van der Waals surface area contributed by atoms with Crippen LogP contribution in [0, 0.1) is 0 Å². The fourth-order valence-electron chi connectivity index (χ4n) is 4.34. The molecule has 0 saturated heterocycles. The van der Waals surface area contributed by atoms with Gasteiger partial charge in [0.1, 0.15) is 10.6 Å². The summed E-state index contributed by atoms with van der Waals surface area (Å²) >= 11 is 3.46. The third-order valence-electron chi connectivity index (χ3n) is 6.45. The molecule has 2 aromatic carbocycles. The van der Waals surface area contributed by atoms with Gasteiger partial charge in [-0.1, -0.05) is 80.1 Å². The van der Waals surface area contributed by atoms with Crippen molar-refractivity contribution in [1.29, 1.82) is 0 Å². The summed E-state index contributed by atoms with van der Waals surface area (Å²) in [6, 6.07) is 16.1. The molecule has 6 rings (SSSR count). The zero-order valence-corrected chi connectivity index (χ0v) is 24.0. The number of allylic oxidation sites excluding steroid dienone is 1. The summed E-state index contributed by atoms with van der Waals surface area (Å²) in [6.07, 6.45) is 7.04. The number of carbonyl (C=O) groups excluding carboxylic acids is 1. The SMILES string of the molecule is C1=CSCC1.CC.CNC(=O)c1cc2ccc(C3CCC3)c(-c3nnc(-c4ccccc4)s3)c2nc1OC. The second-order valence-corrected chi connectivity index (χ2v) is 10.7. The highest BCUT2D eigenvalue weighted by Gasteiger charge is 2.27. The van der Waals surface area contributed by atoms with E-state index in [1.807, 2.05) is 68.1 Å². The number of methoxy groups -OCH3 is 1. The van der Waals surface area contributed by atoms with Gasteiger partial charge in [-0.2, -0.15) is 0 Å². The van der Waals surface area contributed by atoms with Gasteiger partial charge >= 0.3 is 0 Å². The minimum atomic E-state index is -0.224. The van der Waals surface area contributed by atoms with Crippen molar-refractivity contribution in [2.24, 2.45) is 0 Å². The van der Waals surface area contributed by atoms with E-state index in [9.17, 15) is 4.79 Å². The zero-order valence-electron chi connectivity index (χ0n) is 22.4. The van der Waals surface area contributed by atoms with Crippen molar-refractivity contribution in [3.8, 4) is 27.0 Å². The topological polar surface area (TPSA) is 77.0 Å². The maximum absolute atomic E-state index is 12.3. The molecule has 6 nitrogen and oxygen atoms in total. The van der Waals surface area contributed by atoms with E-state index in [0.717, 1.165) is 44.9 Å². The molecule has 0 atom stereocenters. The largest absolute Gasteiger partial charge is 0.480 e. The Bertz CT molecular complexity index is 1390. The van der Waals surface area contributed by atoms with Crippen molar-refractivity contribution in [2.45, 2.75) is 45.4 Å². The smallest absolute Gasteiger partial charge is 0.256 e. The molecule has 0 radical (unpaired) electrons. The van der Waals surface area contributed by atoms with Gasteiger partial charge in [0.2, 0.25) is 5.88 Å². The zero-order chi connectivity index (χ0) is 26.9. The van der Waals surface area contributed by atoms with Crippen molar-refractivity contribution in [3.05, 3.63) is 71.1 Å². The summed E-state index contributed by atoms with van der Waals surface area (Å²) in [5.74, 6) is 1.89. The average molecular weight is 547 g/mol. The number of thioether (sulfide) groups is 1. The lowest BCUT2D eigenvalue weighted by Crippen LogP contribution is -2.19. The third kappa shape index (κ3) is 6.08. The molecular weight excluding hydrogens is 512 g/mol. The van der Waals surface area contributed by atoms with Crippen LogP contribution in [-0.4, -0.2) is 41.0 Å². The molecule has 198 valence electrons. The Labute approximate surface area is 232 Å². The predicted octanol–water partition coefficient (Wildman–Crippen LogP) is 7.72. The van der Waals surface area contributed by atoms with Crippen molar-refractivity contribution in [3.63, 3.8) is 0 Å². The van der Waals surface area contributed by atoms with Crippen LogP contribution < -0.4 is 10.1 Å². The quantitative estimate of drug-likeness (QED) is 0.276. The van der Waals surface area contributed by atoms with Gasteiger partial charge in [-0.3, -0.25) is 4.79 Å². The summed E-state index contributed by atoms with van der Waals surface area (Å²) in [5.41, 5.74) is 4.51. The van der Waals surface area contributed by atoms with Crippen LogP contribution in [0.1, 0.15) is 61.4 Å². The molecule has 1 amide bonds. The van der Waals surface area contributed by atoms with E-state index in [1.54, 1.807) is 18.4 Å². The maximum atomic E-state index is 12.3. The van der Waals surface area contributed by atoms with Crippen LogP contribution in [0.25, 0.3) is 32.0 Å². The van der Waals surface area contributed by atoms with Gasteiger partial charge in [-0.15, -0.1) is 22.0 Å². The highest BCUT2D eigenvalue weighted by molar-refractivity contribution is 8.02. The highest BCUT2D eigenvalue weighted by Crippen LogP contribution is 2.45. The number of hydrogen-bond acceptors (Lipinski definition) is 7. The molecule has 0 bridgehead atoms. The summed E-state index contributed by atoms with van der Waals surface area (Å²) in [5, 5.41) is 16.4. The van der Waals surface area contributed by atoms with E-state index in [4.69, 9.17) is 9.72 Å². The fraction of sp³-hybridized carbons (Fsp3) is 0.333. The molecule has 8 heteroatoms. The van der Waals surface area contributed by atoms with Crippen LogP contribution in [0.5, 0.6) is 5.88 Å². The Morgan fingerprint density at radius 1 is 1.05 bits per heavy atom. The molecule has 1 aliphatic carbocycles. The highest BCUT2D eigenvalue weighted by atomic mass is 32.2. The molecule has 1 fully saturated rings. The second kappa shape index (κ2) is 13.5. The number of ether oxygens (including phenoxy) is 1. The van der Waals surface area contributed by atoms with Crippen LogP contribution in [-0.2, 0) is 0 Å². The number of nitrogens with one attached hydrogen (secondary N) is 1. The minimum absolute atomic E-state index is 0.224. The molecule has 0 unspecified atom stereocenters. The first-order valence-electron chi connectivity index (χ1n) is 13.1. The van der Waals surface area contributed by atoms with E-state index in [0.29, 0.717) is 17.4 Å².